The average Bonchev–Trinajstić information content (AvgIpc) is 2.47. The summed E-state index contributed by atoms with van der Waals surface area (Å²) >= 11 is 0. The fraction of sp³-hybridized carbons (Fsp3) is 0.118. The molecule has 0 atom stereocenters. The first-order valence-corrected chi connectivity index (χ1v) is 5.99. The van der Waals surface area contributed by atoms with Gasteiger partial charge in [-0.3, -0.25) is 0 Å². The van der Waals surface area contributed by atoms with Crippen molar-refractivity contribution in [3.8, 4) is 6.07 Å². The highest BCUT2D eigenvalue weighted by Crippen LogP contribution is 2.33. The maximum Gasteiger partial charge on any atom is 0.125 e. The van der Waals surface area contributed by atoms with Gasteiger partial charge in [-0.25, -0.2) is 0 Å². The number of hydrogen-bond acceptors (Lipinski definition) is 1. The maximum atomic E-state index is 9.71. The summed E-state index contributed by atoms with van der Waals surface area (Å²) in [5.74, 6) is 0. The highest BCUT2D eigenvalue weighted by atomic mass is 14.4. The van der Waals surface area contributed by atoms with Gasteiger partial charge in [0.25, 0.3) is 0 Å². The second kappa shape index (κ2) is 5.33. The molecule has 0 unspecified atom stereocenters. The highest BCUT2D eigenvalue weighted by molar-refractivity contribution is 5.50. The topological polar surface area (TPSA) is 23.8 Å². The van der Waals surface area contributed by atoms with Crippen molar-refractivity contribution in [3.63, 3.8) is 0 Å². The van der Waals surface area contributed by atoms with Crippen LogP contribution in [0.1, 0.15) is 18.1 Å². The van der Waals surface area contributed by atoms with E-state index in [1.807, 2.05) is 79.7 Å². The summed E-state index contributed by atoms with van der Waals surface area (Å²) in [6, 6.07) is 22.2. The third kappa shape index (κ3) is 2.06. The van der Waals surface area contributed by atoms with Gasteiger partial charge in [-0.1, -0.05) is 72.8 Å². The first kappa shape index (κ1) is 12.1. The fourth-order valence-corrected chi connectivity index (χ4v) is 2.18. The number of nitriles is 1. The average molecular weight is 233 g/mol. The lowest BCUT2D eigenvalue weighted by molar-refractivity contribution is 0.830. The van der Waals surface area contributed by atoms with Crippen molar-refractivity contribution < 1.29 is 0 Å². The van der Waals surface area contributed by atoms with E-state index < -0.39 is 5.41 Å². The van der Waals surface area contributed by atoms with Gasteiger partial charge in [-0.05, 0) is 18.1 Å². The van der Waals surface area contributed by atoms with E-state index in [9.17, 15) is 5.26 Å². The Labute approximate surface area is 108 Å². The molecule has 0 saturated heterocycles. The van der Waals surface area contributed by atoms with Crippen molar-refractivity contribution in [3.05, 3.63) is 83.9 Å². The lowest BCUT2D eigenvalue weighted by atomic mass is 9.75. The van der Waals surface area contributed by atoms with Gasteiger partial charge in [0.05, 0.1) is 6.07 Å². The molecule has 0 fully saturated rings. The van der Waals surface area contributed by atoms with Crippen molar-refractivity contribution in [1.29, 1.82) is 5.26 Å². The van der Waals surface area contributed by atoms with E-state index >= 15 is 0 Å². The van der Waals surface area contributed by atoms with Crippen LogP contribution in [0, 0.1) is 11.3 Å². The lowest BCUT2D eigenvalue weighted by Gasteiger charge is -2.24. The van der Waals surface area contributed by atoms with E-state index in [-0.39, 0.29) is 0 Å². The molecule has 0 aliphatic heterocycles. The quantitative estimate of drug-likeness (QED) is 0.733. The van der Waals surface area contributed by atoms with E-state index in [0.717, 1.165) is 11.1 Å². The van der Waals surface area contributed by atoms with Gasteiger partial charge in [0.1, 0.15) is 5.41 Å². The van der Waals surface area contributed by atoms with Crippen LogP contribution in [-0.2, 0) is 5.41 Å². The zero-order valence-corrected chi connectivity index (χ0v) is 10.4. The van der Waals surface area contributed by atoms with Gasteiger partial charge >= 0.3 is 0 Å². The summed E-state index contributed by atoms with van der Waals surface area (Å²) in [7, 11) is 0. The number of allylic oxidation sites excluding steroid dienone is 2. The Morgan fingerprint density at radius 2 is 1.33 bits per heavy atom. The Morgan fingerprint density at radius 1 is 0.889 bits per heavy atom. The highest BCUT2D eigenvalue weighted by Gasteiger charge is 2.30. The van der Waals surface area contributed by atoms with Gasteiger partial charge < -0.3 is 0 Å². The fourth-order valence-electron chi connectivity index (χ4n) is 2.18. The van der Waals surface area contributed by atoms with Crippen LogP contribution in [0.25, 0.3) is 0 Å². The molecule has 0 radical (unpaired) electrons. The molecule has 0 aromatic heterocycles. The van der Waals surface area contributed by atoms with Crippen LogP contribution < -0.4 is 0 Å². The third-order valence-electron chi connectivity index (χ3n) is 3.05. The van der Waals surface area contributed by atoms with Gasteiger partial charge in [0.15, 0.2) is 0 Å². The second-order valence-electron chi connectivity index (χ2n) is 4.15. The molecule has 1 nitrogen and oxygen atoms in total. The minimum atomic E-state index is -0.697. The Balaban J connectivity index is 2.66. The summed E-state index contributed by atoms with van der Waals surface area (Å²) in [5, 5.41) is 9.71. The first-order valence-electron chi connectivity index (χ1n) is 5.99. The van der Waals surface area contributed by atoms with Crippen LogP contribution >= 0.6 is 0 Å². The van der Waals surface area contributed by atoms with Crippen LogP contribution in [0.5, 0.6) is 0 Å². The molecule has 18 heavy (non-hydrogen) atoms. The predicted molar refractivity (Wildman–Crippen MR) is 74.1 cm³/mol. The van der Waals surface area contributed by atoms with E-state index in [0.29, 0.717) is 0 Å². The Hall–Kier alpha value is -2.33. The lowest BCUT2D eigenvalue weighted by Crippen LogP contribution is -2.22. The van der Waals surface area contributed by atoms with Crippen molar-refractivity contribution in [2.24, 2.45) is 0 Å². The minimum absolute atomic E-state index is 0.697. The largest absolute Gasteiger partial charge is 0.197 e. The van der Waals surface area contributed by atoms with Crippen LogP contribution in [-0.4, -0.2) is 0 Å². The summed E-state index contributed by atoms with van der Waals surface area (Å²) < 4.78 is 0. The second-order valence-corrected chi connectivity index (χ2v) is 4.15. The number of hydrogen-bond donors (Lipinski definition) is 0. The van der Waals surface area contributed by atoms with Crippen molar-refractivity contribution in [2.45, 2.75) is 12.3 Å². The monoisotopic (exact) mass is 233 g/mol. The van der Waals surface area contributed by atoms with Gasteiger partial charge in [-0.2, -0.15) is 5.26 Å². The zero-order chi connectivity index (χ0) is 12.8. The van der Waals surface area contributed by atoms with Crippen LogP contribution in [0.2, 0.25) is 0 Å². The van der Waals surface area contributed by atoms with Crippen LogP contribution in [0.4, 0.5) is 0 Å². The molecule has 0 heterocycles. The molecule has 0 saturated carbocycles. The van der Waals surface area contributed by atoms with Gasteiger partial charge in [0, 0.05) is 0 Å². The van der Waals surface area contributed by atoms with Crippen molar-refractivity contribution in [1.82, 2.24) is 0 Å². The van der Waals surface area contributed by atoms with Crippen molar-refractivity contribution in [2.75, 3.05) is 0 Å². The van der Waals surface area contributed by atoms with E-state index in [2.05, 4.69) is 6.07 Å². The number of nitrogens with zero attached hydrogens (tertiary/aromatic N) is 1. The van der Waals surface area contributed by atoms with E-state index in [1.165, 1.54) is 0 Å². The molecule has 0 N–H and O–H groups in total. The molecule has 2 aromatic rings. The van der Waals surface area contributed by atoms with E-state index in [1.54, 1.807) is 0 Å². The molecule has 1 heteroatoms. The number of rotatable bonds is 3. The molecule has 0 spiro atoms. The summed E-state index contributed by atoms with van der Waals surface area (Å²) in [4.78, 5) is 0. The standard InChI is InChI=1S/C17H15N/c1-2-13-17(14-18,15-9-5-3-6-10-15)16-11-7-4-8-12-16/h2-13H,1H3/b13-2+. The van der Waals surface area contributed by atoms with Gasteiger partial charge in [-0.15, -0.1) is 0 Å². The summed E-state index contributed by atoms with van der Waals surface area (Å²) in [5.41, 5.74) is 1.30. The van der Waals surface area contributed by atoms with Crippen molar-refractivity contribution >= 4 is 0 Å². The molecule has 0 aliphatic carbocycles. The third-order valence-corrected chi connectivity index (χ3v) is 3.05. The van der Waals surface area contributed by atoms with Gasteiger partial charge in [0.2, 0.25) is 0 Å². The van der Waals surface area contributed by atoms with Crippen LogP contribution in [0.15, 0.2) is 72.8 Å². The Morgan fingerprint density at radius 3 is 1.67 bits per heavy atom. The smallest absolute Gasteiger partial charge is 0.125 e. The molecular formula is C17H15N. The maximum absolute atomic E-state index is 9.71. The van der Waals surface area contributed by atoms with E-state index in [4.69, 9.17) is 0 Å². The Bertz CT molecular complexity index is 522. The normalized spacial score (nSPS) is 11.3. The Kier molecular flexibility index (Phi) is 3.60. The number of benzene rings is 2. The SMILES string of the molecule is C/C=C/C(C#N)(c1ccccc1)c1ccccc1. The molecule has 88 valence electrons. The first-order chi connectivity index (χ1) is 8.83. The molecule has 2 aromatic carbocycles. The molecule has 0 aliphatic rings. The minimum Gasteiger partial charge on any atom is -0.197 e. The summed E-state index contributed by atoms with van der Waals surface area (Å²) in [6.07, 6.45) is 3.89. The van der Waals surface area contributed by atoms with Crippen LogP contribution in [0.3, 0.4) is 0 Å². The zero-order valence-electron chi connectivity index (χ0n) is 10.4. The predicted octanol–water partition coefficient (Wildman–Crippen LogP) is 4.07. The molecular weight excluding hydrogens is 218 g/mol. The molecule has 0 bridgehead atoms. The summed E-state index contributed by atoms with van der Waals surface area (Å²) in [6.45, 7) is 1.94. The molecule has 2 rings (SSSR count). The molecule has 0 amide bonds.